The molecule has 3 rings (SSSR count). The number of aromatic nitrogens is 1. The van der Waals surface area contributed by atoms with E-state index in [9.17, 15) is 14.9 Å². The van der Waals surface area contributed by atoms with Crippen LogP contribution in [0.3, 0.4) is 0 Å². The number of pyridine rings is 1. The predicted octanol–water partition coefficient (Wildman–Crippen LogP) is 5.56. The van der Waals surface area contributed by atoms with E-state index < -0.39 is 4.92 Å². The van der Waals surface area contributed by atoms with Crippen molar-refractivity contribution in [3.63, 3.8) is 0 Å². The molecule has 3 aromatic rings. The number of halogens is 3. The lowest BCUT2D eigenvalue weighted by molar-refractivity contribution is -0.384. The Morgan fingerprint density at radius 3 is 2.22 bits per heavy atom. The fourth-order valence-electron chi connectivity index (χ4n) is 2.39. The number of nitrogens with zero attached hydrogens (tertiary/aromatic N) is 2. The largest absolute Gasteiger partial charge is 0.453 e. The van der Waals surface area contributed by atoms with Gasteiger partial charge in [-0.2, -0.15) is 0 Å². The van der Waals surface area contributed by atoms with Gasteiger partial charge in [0.25, 0.3) is 11.2 Å². The van der Waals surface area contributed by atoms with Crippen molar-refractivity contribution in [1.82, 2.24) is 4.57 Å². The smallest absolute Gasteiger partial charge is 0.272 e. The second-order valence-electron chi connectivity index (χ2n) is 5.54. The monoisotopic (exact) mass is 424 g/mol. The van der Waals surface area contributed by atoms with Crippen LogP contribution in [0.5, 0.6) is 11.5 Å². The summed E-state index contributed by atoms with van der Waals surface area (Å²) >= 11 is 18.1. The number of non-ortho nitro benzene ring substituents is 1. The van der Waals surface area contributed by atoms with Crippen molar-refractivity contribution in [1.29, 1.82) is 0 Å². The van der Waals surface area contributed by atoms with Gasteiger partial charge in [-0.3, -0.25) is 14.9 Å². The molecule has 0 N–H and O–H groups in total. The van der Waals surface area contributed by atoms with Gasteiger partial charge in [0.2, 0.25) is 0 Å². The Morgan fingerprint density at radius 1 is 1.00 bits per heavy atom. The molecule has 0 aliphatic rings. The summed E-state index contributed by atoms with van der Waals surface area (Å²) in [5, 5.41) is 10.8. The molecule has 0 spiro atoms. The third kappa shape index (κ3) is 4.42. The summed E-state index contributed by atoms with van der Waals surface area (Å²) in [5.41, 5.74) is 0.261. The molecule has 6 nitrogen and oxygen atoms in total. The first-order valence-electron chi connectivity index (χ1n) is 7.60. The standard InChI is InChI=1S/C18H11Cl3N2O4/c19-14-6-12(23(25)26)7-15(20)17(14)27-13-8-16(21)18(24)22(10-13)9-11-4-2-1-3-5-11/h1-8,10H,9H2. The highest BCUT2D eigenvalue weighted by Gasteiger charge is 2.17. The van der Waals surface area contributed by atoms with Crippen molar-refractivity contribution in [2.75, 3.05) is 0 Å². The van der Waals surface area contributed by atoms with Gasteiger partial charge in [-0.05, 0) is 5.56 Å². The summed E-state index contributed by atoms with van der Waals surface area (Å²) in [6, 6.07) is 12.9. The van der Waals surface area contributed by atoms with E-state index in [1.165, 1.54) is 16.8 Å². The molecule has 0 saturated heterocycles. The van der Waals surface area contributed by atoms with Gasteiger partial charge in [-0.15, -0.1) is 0 Å². The number of rotatable bonds is 5. The molecule has 0 radical (unpaired) electrons. The average Bonchev–Trinajstić information content (AvgIpc) is 2.63. The molecule has 2 aromatic carbocycles. The molecule has 138 valence electrons. The highest BCUT2D eigenvalue weighted by atomic mass is 35.5. The zero-order valence-corrected chi connectivity index (χ0v) is 15.8. The molecule has 0 saturated carbocycles. The number of nitro groups is 1. The molecule has 9 heteroatoms. The fraction of sp³-hybridized carbons (Fsp3) is 0.0556. The number of ether oxygens (including phenoxy) is 1. The summed E-state index contributed by atoms with van der Waals surface area (Å²) in [7, 11) is 0. The van der Waals surface area contributed by atoms with Gasteiger partial charge < -0.3 is 9.30 Å². The lowest BCUT2D eigenvalue weighted by Crippen LogP contribution is -2.20. The molecule has 0 aliphatic heterocycles. The highest BCUT2D eigenvalue weighted by Crippen LogP contribution is 2.39. The Morgan fingerprint density at radius 2 is 1.63 bits per heavy atom. The number of hydrogen-bond acceptors (Lipinski definition) is 4. The number of benzene rings is 2. The van der Waals surface area contributed by atoms with E-state index >= 15 is 0 Å². The molecule has 1 heterocycles. The van der Waals surface area contributed by atoms with Gasteiger partial charge >= 0.3 is 0 Å². The topological polar surface area (TPSA) is 74.4 Å². The number of nitro benzene ring substituents is 1. The Balaban J connectivity index is 1.97. The van der Waals surface area contributed by atoms with Gasteiger partial charge in [0.1, 0.15) is 10.8 Å². The minimum absolute atomic E-state index is 0.0323. The number of hydrogen-bond donors (Lipinski definition) is 0. The van der Waals surface area contributed by atoms with E-state index in [4.69, 9.17) is 39.5 Å². The van der Waals surface area contributed by atoms with Gasteiger partial charge in [0, 0.05) is 18.2 Å². The molecule has 0 unspecified atom stereocenters. The SMILES string of the molecule is O=c1c(Cl)cc(Oc2c(Cl)cc([N+](=O)[O-])cc2Cl)cn1Cc1ccccc1. The summed E-state index contributed by atoms with van der Waals surface area (Å²) in [4.78, 5) is 22.5. The second kappa shape index (κ2) is 8.00. The Labute approximate surface area is 168 Å². The maximum atomic E-state index is 12.3. The molecular weight excluding hydrogens is 415 g/mol. The van der Waals surface area contributed by atoms with Crippen LogP contribution in [0.1, 0.15) is 5.56 Å². The van der Waals surface area contributed by atoms with Crippen LogP contribution < -0.4 is 10.3 Å². The quantitative estimate of drug-likeness (QED) is 0.396. The molecule has 0 bridgehead atoms. The van der Waals surface area contributed by atoms with Gasteiger partial charge in [-0.25, -0.2) is 0 Å². The maximum absolute atomic E-state index is 12.3. The van der Waals surface area contributed by atoms with E-state index in [0.717, 1.165) is 17.7 Å². The van der Waals surface area contributed by atoms with E-state index in [2.05, 4.69) is 0 Å². The van der Waals surface area contributed by atoms with Crippen molar-refractivity contribution < 1.29 is 9.66 Å². The fourth-order valence-corrected chi connectivity index (χ4v) is 3.16. The van der Waals surface area contributed by atoms with Crippen molar-refractivity contribution in [3.05, 3.63) is 95.8 Å². The molecule has 1 aromatic heterocycles. The van der Waals surface area contributed by atoms with E-state index in [-0.39, 0.29) is 44.4 Å². The lowest BCUT2D eigenvalue weighted by Gasteiger charge is -2.13. The lowest BCUT2D eigenvalue weighted by atomic mass is 10.2. The van der Waals surface area contributed by atoms with Crippen LogP contribution >= 0.6 is 34.8 Å². The first kappa shape index (κ1) is 19.2. The summed E-state index contributed by atoms with van der Waals surface area (Å²) < 4.78 is 7.05. The van der Waals surface area contributed by atoms with Crippen LogP contribution in [-0.2, 0) is 6.54 Å². The van der Waals surface area contributed by atoms with Crippen molar-refractivity contribution >= 4 is 40.5 Å². The first-order chi connectivity index (χ1) is 12.8. The highest BCUT2D eigenvalue weighted by molar-refractivity contribution is 6.37. The van der Waals surface area contributed by atoms with Crippen molar-refractivity contribution in [2.45, 2.75) is 6.54 Å². The normalized spacial score (nSPS) is 10.6. The van der Waals surface area contributed by atoms with Crippen LogP contribution in [0.15, 0.2) is 59.5 Å². The zero-order valence-electron chi connectivity index (χ0n) is 13.6. The molecular formula is C18H11Cl3N2O4. The van der Waals surface area contributed by atoms with Gasteiger partial charge in [-0.1, -0.05) is 65.1 Å². The summed E-state index contributed by atoms with van der Waals surface area (Å²) in [6.45, 7) is 0.290. The Bertz CT molecular complexity index is 1040. The third-order valence-electron chi connectivity index (χ3n) is 3.63. The summed E-state index contributed by atoms with van der Waals surface area (Å²) in [6.07, 6.45) is 1.47. The minimum atomic E-state index is -0.613. The summed E-state index contributed by atoms with van der Waals surface area (Å²) in [5.74, 6) is 0.248. The first-order valence-corrected chi connectivity index (χ1v) is 8.73. The zero-order chi connectivity index (χ0) is 19.6. The van der Waals surface area contributed by atoms with E-state index in [1.807, 2.05) is 30.3 Å². The van der Waals surface area contributed by atoms with Crippen LogP contribution in [-0.4, -0.2) is 9.49 Å². The predicted molar refractivity (Wildman–Crippen MR) is 104 cm³/mol. The molecule has 27 heavy (non-hydrogen) atoms. The van der Waals surface area contributed by atoms with E-state index in [1.54, 1.807) is 0 Å². The van der Waals surface area contributed by atoms with Crippen LogP contribution in [0.25, 0.3) is 0 Å². The van der Waals surface area contributed by atoms with E-state index in [0.29, 0.717) is 0 Å². The molecule has 0 fully saturated rings. The minimum Gasteiger partial charge on any atom is -0.453 e. The second-order valence-corrected chi connectivity index (χ2v) is 6.76. The maximum Gasteiger partial charge on any atom is 0.272 e. The molecule has 0 aliphatic carbocycles. The molecule has 0 atom stereocenters. The Kier molecular flexibility index (Phi) is 5.70. The van der Waals surface area contributed by atoms with Gasteiger partial charge in [0.15, 0.2) is 5.75 Å². The van der Waals surface area contributed by atoms with Crippen molar-refractivity contribution in [3.8, 4) is 11.5 Å². The van der Waals surface area contributed by atoms with Gasteiger partial charge in [0.05, 0.1) is 27.7 Å². The van der Waals surface area contributed by atoms with Crippen LogP contribution in [0.2, 0.25) is 15.1 Å². The average molecular weight is 426 g/mol. The van der Waals surface area contributed by atoms with Crippen molar-refractivity contribution in [2.24, 2.45) is 0 Å². The molecule has 0 amide bonds. The van der Waals surface area contributed by atoms with Crippen LogP contribution in [0.4, 0.5) is 5.69 Å². The Hall–Kier alpha value is -2.54. The van der Waals surface area contributed by atoms with Crippen LogP contribution in [0, 0.1) is 10.1 Å². The third-order valence-corrected chi connectivity index (χ3v) is 4.46.